The zero-order chi connectivity index (χ0) is 11.5. The Bertz CT molecular complexity index is 272. The van der Waals surface area contributed by atoms with Crippen LogP contribution >= 0.6 is 12.3 Å². The molecule has 0 aliphatic carbocycles. The minimum atomic E-state index is -0.517. The minimum absolute atomic E-state index is 0.310. The largest absolute Gasteiger partial charge is 0.424 e. The summed E-state index contributed by atoms with van der Waals surface area (Å²) in [7, 11) is 0. The minimum Gasteiger partial charge on any atom is -0.393 e. The van der Waals surface area contributed by atoms with Gasteiger partial charge in [-0.15, -0.1) is 0 Å². The number of hydrogen-bond acceptors (Lipinski definition) is 6. The third-order valence-corrected chi connectivity index (χ3v) is 3.28. The Morgan fingerprint density at radius 3 is 2.88 bits per heavy atom. The fourth-order valence-corrected chi connectivity index (χ4v) is 2.25. The van der Waals surface area contributed by atoms with Gasteiger partial charge < -0.3 is 18.4 Å². The van der Waals surface area contributed by atoms with E-state index in [-0.39, 0.29) is 5.92 Å². The zero-order valence-corrected chi connectivity index (χ0v) is 9.44. The van der Waals surface area contributed by atoms with E-state index < -0.39 is 18.2 Å². The van der Waals surface area contributed by atoms with Crippen LogP contribution in [0.4, 0.5) is 4.79 Å². The van der Waals surface area contributed by atoms with Gasteiger partial charge in [0, 0.05) is 13.1 Å². The Labute approximate surface area is 97.3 Å². The van der Waals surface area contributed by atoms with E-state index in [1.807, 2.05) is 0 Å². The maximum atomic E-state index is 11.5. The Balaban J connectivity index is 2.12. The SMILES string of the molecule is O=C1OSOC(=O)N2CCC(O)CCC1C2. The number of carbonyl (C=O) groups is 2. The number of hydrogen-bond donors (Lipinski definition) is 1. The number of amides is 1. The normalized spacial score (nSPS) is 31.7. The molecule has 2 aliphatic rings. The molecule has 0 radical (unpaired) electrons. The molecular weight excluding hydrogens is 234 g/mol. The molecule has 2 aliphatic heterocycles. The van der Waals surface area contributed by atoms with Crippen LogP contribution in [0.3, 0.4) is 0 Å². The number of rotatable bonds is 0. The molecule has 90 valence electrons. The van der Waals surface area contributed by atoms with Crippen LogP contribution in [0.25, 0.3) is 0 Å². The van der Waals surface area contributed by atoms with Gasteiger partial charge in [0.2, 0.25) is 0 Å². The highest BCUT2D eigenvalue weighted by Gasteiger charge is 2.32. The highest BCUT2D eigenvalue weighted by Crippen LogP contribution is 2.24. The van der Waals surface area contributed by atoms with Gasteiger partial charge in [-0.2, -0.15) is 0 Å². The standard InChI is InChI=1S/C9H13NO5S/c11-7-2-1-6-5-10(4-3-7)9(13)15-16-14-8(6)12/h6-7,11H,1-5H2. The second-order valence-corrected chi connectivity index (χ2v) is 4.45. The molecule has 7 heteroatoms. The fourth-order valence-electron chi connectivity index (χ4n) is 1.85. The molecule has 1 N–H and O–H groups in total. The molecule has 2 saturated heterocycles. The molecule has 0 spiro atoms. The molecule has 2 heterocycles. The highest BCUT2D eigenvalue weighted by molar-refractivity contribution is 7.90. The van der Waals surface area contributed by atoms with Crippen LogP contribution < -0.4 is 0 Å². The number of carbonyl (C=O) groups excluding carboxylic acids is 2. The summed E-state index contributed by atoms with van der Waals surface area (Å²) < 4.78 is 9.35. The molecule has 6 nitrogen and oxygen atoms in total. The lowest BCUT2D eigenvalue weighted by atomic mass is 9.97. The van der Waals surface area contributed by atoms with E-state index in [4.69, 9.17) is 4.18 Å². The summed E-state index contributed by atoms with van der Waals surface area (Å²) in [6, 6.07) is 0. The van der Waals surface area contributed by atoms with E-state index in [0.717, 1.165) is 0 Å². The monoisotopic (exact) mass is 247 g/mol. The molecule has 16 heavy (non-hydrogen) atoms. The van der Waals surface area contributed by atoms with Gasteiger partial charge in [-0.1, -0.05) is 0 Å². The quantitative estimate of drug-likeness (QED) is 0.635. The van der Waals surface area contributed by atoms with Crippen molar-refractivity contribution in [1.82, 2.24) is 4.90 Å². The molecule has 2 fully saturated rings. The van der Waals surface area contributed by atoms with Crippen LogP contribution in [0.1, 0.15) is 19.3 Å². The van der Waals surface area contributed by atoms with Crippen molar-refractivity contribution in [3.8, 4) is 0 Å². The van der Waals surface area contributed by atoms with Crippen LogP contribution in [0.5, 0.6) is 0 Å². The van der Waals surface area contributed by atoms with Crippen molar-refractivity contribution in [2.75, 3.05) is 13.1 Å². The molecule has 0 aromatic rings. The van der Waals surface area contributed by atoms with Crippen molar-refractivity contribution in [1.29, 1.82) is 0 Å². The fraction of sp³-hybridized carbons (Fsp3) is 0.778. The summed E-state index contributed by atoms with van der Waals surface area (Å²) in [6.45, 7) is 0.718. The number of fused-ring (bicyclic) bond motifs is 2. The number of nitrogens with zero attached hydrogens (tertiary/aromatic N) is 1. The lowest BCUT2D eigenvalue weighted by molar-refractivity contribution is -0.139. The second kappa shape index (κ2) is 4.92. The predicted molar refractivity (Wildman–Crippen MR) is 55.1 cm³/mol. The van der Waals surface area contributed by atoms with Gasteiger partial charge >= 0.3 is 12.1 Å². The molecule has 0 aromatic heterocycles. The Hall–Kier alpha value is -0.950. The lowest BCUT2D eigenvalue weighted by Crippen LogP contribution is -2.42. The molecule has 2 rings (SSSR count). The molecule has 0 saturated carbocycles. The van der Waals surface area contributed by atoms with Crippen molar-refractivity contribution >= 4 is 24.4 Å². The third-order valence-electron chi connectivity index (χ3n) is 2.83. The molecule has 1 amide bonds. The first-order valence-corrected chi connectivity index (χ1v) is 5.85. The zero-order valence-electron chi connectivity index (χ0n) is 8.63. The predicted octanol–water partition coefficient (Wildman–Crippen LogP) is 0.706. The summed E-state index contributed by atoms with van der Waals surface area (Å²) in [4.78, 5) is 24.4. The molecular formula is C9H13NO5S. The number of aliphatic hydroxyl groups excluding tert-OH is 1. The van der Waals surface area contributed by atoms with Crippen LogP contribution in [0.15, 0.2) is 0 Å². The van der Waals surface area contributed by atoms with E-state index in [1.165, 1.54) is 4.90 Å². The van der Waals surface area contributed by atoms with Crippen LogP contribution in [-0.2, 0) is 13.2 Å². The third kappa shape index (κ3) is 2.59. The van der Waals surface area contributed by atoms with Gasteiger partial charge in [-0.25, -0.2) is 4.79 Å². The van der Waals surface area contributed by atoms with Crippen molar-refractivity contribution < 1.29 is 23.1 Å². The van der Waals surface area contributed by atoms with Gasteiger partial charge in [0.15, 0.2) is 0 Å². The Kier molecular flexibility index (Phi) is 3.55. The number of aliphatic hydroxyl groups is 1. The molecule has 2 bridgehead atoms. The smallest absolute Gasteiger partial charge is 0.393 e. The van der Waals surface area contributed by atoms with Crippen molar-refractivity contribution in [2.24, 2.45) is 5.92 Å². The van der Waals surface area contributed by atoms with E-state index in [2.05, 4.69) is 4.18 Å². The van der Waals surface area contributed by atoms with Crippen molar-refractivity contribution in [2.45, 2.75) is 25.4 Å². The molecule has 2 atom stereocenters. The van der Waals surface area contributed by atoms with Gasteiger partial charge in [0.25, 0.3) is 12.3 Å². The maximum Gasteiger partial charge on any atom is 0.424 e. The highest BCUT2D eigenvalue weighted by atomic mass is 32.2. The van der Waals surface area contributed by atoms with Crippen LogP contribution in [-0.4, -0.2) is 41.3 Å². The van der Waals surface area contributed by atoms with E-state index in [9.17, 15) is 14.7 Å². The maximum absolute atomic E-state index is 11.5. The Morgan fingerprint density at radius 1 is 1.25 bits per heavy atom. The first-order chi connectivity index (χ1) is 7.66. The average Bonchev–Trinajstić information content (AvgIpc) is 2.22. The van der Waals surface area contributed by atoms with Crippen LogP contribution in [0, 0.1) is 5.92 Å². The Morgan fingerprint density at radius 2 is 2.06 bits per heavy atom. The average molecular weight is 247 g/mol. The summed E-state index contributed by atoms with van der Waals surface area (Å²) in [5.41, 5.74) is 0. The van der Waals surface area contributed by atoms with Gasteiger partial charge in [0.05, 0.1) is 12.0 Å². The summed E-state index contributed by atoms with van der Waals surface area (Å²) in [6.07, 6.45) is 0.619. The molecule has 0 aromatic carbocycles. The van der Waals surface area contributed by atoms with Crippen LogP contribution in [0.2, 0.25) is 0 Å². The van der Waals surface area contributed by atoms with Crippen molar-refractivity contribution in [3.05, 3.63) is 0 Å². The lowest BCUT2D eigenvalue weighted by Gasteiger charge is -2.30. The van der Waals surface area contributed by atoms with E-state index in [0.29, 0.717) is 44.7 Å². The van der Waals surface area contributed by atoms with E-state index >= 15 is 0 Å². The first-order valence-electron chi connectivity index (χ1n) is 5.19. The van der Waals surface area contributed by atoms with Gasteiger partial charge in [-0.05, 0) is 19.3 Å². The second-order valence-electron chi connectivity index (χ2n) is 3.98. The first kappa shape index (κ1) is 11.5. The topological polar surface area (TPSA) is 76.1 Å². The van der Waals surface area contributed by atoms with Gasteiger partial charge in [-0.3, -0.25) is 4.79 Å². The van der Waals surface area contributed by atoms with E-state index in [1.54, 1.807) is 0 Å². The summed E-state index contributed by atoms with van der Waals surface area (Å²) >= 11 is 0.416. The van der Waals surface area contributed by atoms with Crippen molar-refractivity contribution in [3.63, 3.8) is 0 Å². The summed E-state index contributed by atoms with van der Waals surface area (Å²) in [5, 5.41) is 9.57. The van der Waals surface area contributed by atoms with Gasteiger partial charge in [0.1, 0.15) is 0 Å². The summed E-state index contributed by atoms with van der Waals surface area (Å²) in [5.74, 6) is -0.758. The molecule has 2 unspecified atom stereocenters.